The van der Waals surface area contributed by atoms with Crippen LogP contribution in [0.3, 0.4) is 0 Å². The van der Waals surface area contributed by atoms with Crippen LogP contribution in [0.5, 0.6) is 5.75 Å². The van der Waals surface area contributed by atoms with E-state index in [1.807, 2.05) is 24.3 Å². The number of nitrogens with zero attached hydrogens (tertiary/aromatic N) is 2. The Morgan fingerprint density at radius 2 is 1.69 bits per heavy atom. The zero-order chi connectivity index (χ0) is 22.3. The molecule has 168 valence electrons. The van der Waals surface area contributed by atoms with E-state index in [0.29, 0.717) is 31.5 Å². The maximum atomic E-state index is 13.4. The third kappa shape index (κ3) is 6.07. The molecular formula is C27H32FN3O. The van der Waals surface area contributed by atoms with E-state index in [1.54, 1.807) is 0 Å². The van der Waals surface area contributed by atoms with E-state index in [4.69, 9.17) is 9.72 Å². The summed E-state index contributed by atoms with van der Waals surface area (Å²) in [4.78, 5) is 7.27. The highest BCUT2D eigenvalue weighted by atomic mass is 19.1. The number of pyridine rings is 1. The molecular weight excluding hydrogens is 401 g/mol. The van der Waals surface area contributed by atoms with E-state index in [9.17, 15) is 4.39 Å². The van der Waals surface area contributed by atoms with Crippen LogP contribution in [-0.4, -0.2) is 24.7 Å². The summed E-state index contributed by atoms with van der Waals surface area (Å²) in [7, 11) is 0. The van der Waals surface area contributed by atoms with E-state index in [1.165, 1.54) is 17.7 Å². The first-order valence-electron chi connectivity index (χ1n) is 11.5. The van der Waals surface area contributed by atoms with Crippen molar-refractivity contribution in [1.29, 1.82) is 0 Å². The lowest BCUT2D eigenvalue weighted by molar-refractivity contribution is 0.271. The van der Waals surface area contributed by atoms with Gasteiger partial charge in [0.15, 0.2) is 0 Å². The minimum absolute atomic E-state index is 0.217. The number of hydrogen-bond acceptors (Lipinski definition) is 4. The van der Waals surface area contributed by atoms with Crippen molar-refractivity contribution in [2.24, 2.45) is 5.92 Å². The second-order valence-corrected chi connectivity index (χ2v) is 8.94. The third-order valence-electron chi connectivity index (χ3n) is 5.73. The van der Waals surface area contributed by atoms with Gasteiger partial charge in [-0.3, -0.25) is 0 Å². The first kappa shape index (κ1) is 22.3. The van der Waals surface area contributed by atoms with Gasteiger partial charge < -0.3 is 15.0 Å². The van der Waals surface area contributed by atoms with Crippen molar-refractivity contribution in [1.82, 2.24) is 10.3 Å². The molecule has 1 aromatic heterocycles. The van der Waals surface area contributed by atoms with Crippen LogP contribution in [0.2, 0.25) is 0 Å². The number of rotatable bonds is 9. The van der Waals surface area contributed by atoms with E-state index in [0.717, 1.165) is 42.3 Å². The molecule has 0 bridgehead atoms. The molecule has 0 radical (unpaired) electrons. The van der Waals surface area contributed by atoms with Crippen LogP contribution >= 0.6 is 0 Å². The van der Waals surface area contributed by atoms with Gasteiger partial charge in [0.1, 0.15) is 17.4 Å². The molecule has 0 aliphatic carbocycles. The van der Waals surface area contributed by atoms with E-state index >= 15 is 0 Å². The lowest BCUT2D eigenvalue weighted by Crippen LogP contribution is -2.24. The summed E-state index contributed by atoms with van der Waals surface area (Å²) in [6, 6.07) is 21.3. The fraction of sp³-hybridized carbons (Fsp3) is 0.370. The van der Waals surface area contributed by atoms with Crippen LogP contribution in [0.1, 0.15) is 43.0 Å². The smallest absolute Gasteiger partial charge is 0.129 e. The number of halogens is 1. The van der Waals surface area contributed by atoms with Crippen molar-refractivity contribution in [2.45, 2.75) is 39.3 Å². The Kier molecular flexibility index (Phi) is 7.38. The minimum Gasteiger partial charge on any atom is -0.493 e. The molecule has 1 aliphatic rings. The molecule has 4 rings (SSSR count). The Labute approximate surface area is 190 Å². The average Bonchev–Trinajstić information content (AvgIpc) is 3.35. The number of benzene rings is 2. The van der Waals surface area contributed by atoms with Gasteiger partial charge in [-0.1, -0.05) is 44.2 Å². The Morgan fingerprint density at radius 1 is 1.00 bits per heavy atom. The van der Waals surface area contributed by atoms with Crippen molar-refractivity contribution >= 4 is 5.82 Å². The van der Waals surface area contributed by atoms with Crippen LogP contribution in [0.25, 0.3) is 0 Å². The summed E-state index contributed by atoms with van der Waals surface area (Å²) in [5.41, 5.74) is 3.37. The maximum absolute atomic E-state index is 13.4. The molecule has 0 amide bonds. The Bertz CT molecular complexity index is 983. The zero-order valence-corrected chi connectivity index (χ0v) is 18.9. The molecule has 5 heteroatoms. The third-order valence-corrected chi connectivity index (χ3v) is 5.73. The number of hydrogen-bond donors (Lipinski definition) is 1. The standard InChI is InChI=1S/C27H32FN3O/c1-20(2)19-32-25-12-8-22(9-13-25)18-31(17-21-6-10-24(28)11-7-21)27-5-3-4-26(30-27)23-14-15-29-16-23/h3-13,20,23,29H,14-19H2,1-2H3. The van der Waals surface area contributed by atoms with Crippen LogP contribution in [-0.2, 0) is 13.1 Å². The van der Waals surface area contributed by atoms with Gasteiger partial charge in [-0.25, -0.2) is 9.37 Å². The molecule has 1 unspecified atom stereocenters. The lowest BCUT2D eigenvalue weighted by atomic mass is 10.0. The number of aromatic nitrogens is 1. The number of nitrogens with one attached hydrogen (secondary N) is 1. The van der Waals surface area contributed by atoms with Gasteiger partial charge in [0.2, 0.25) is 0 Å². The van der Waals surface area contributed by atoms with Crippen molar-refractivity contribution < 1.29 is 9.13 Å². The van der Waals surface area contributed by atoms with Gasteiger partial charge in [0, 0.05) is 31.2 Å². The van der Waals surface area contributed by atoms with Crippen molar-refractivity contribution in [3.05, 3.63) is 89.4 Å². The highest BCUT2D eigenvalue weighted by Gasteiger charge is 2.19. The predicted molar refractivity (Wildman–Crippen MR) is 128 cm³/mol. The predicted octanol–water partition coefficient (Wildman–Crippen LogP) is 5.54. The summed E-state index contributed by atoms with van der Waals surface area (Å²) in [6.07, 6.45) is 1.12. The van der Waals surface area contributed by atoms with Crippen molar-refractivity contribution in [3.8, 4) is 5.75 Å². The molecule has 1 N–H and O–H groups in total. The first-order valence-corrected chi connectivity index (χ1v) is 11.5. The van der Waals surface area contributed by atoms with E-state index in [2.05, 4.69) is 54.4 Å². The zero-order valence-electron chi connectivity index (χ0n) is 18.9. The van der Waals surface area contributed by atoms with Crippen molar-refractivity contribution in [3.63, 3.8) is 0 Å². The summed E-state index contributed by atoms with van der Waals surface area (Å²) in [6.45, 7) is 8.39. The molecule has 32 heavy (non-hydrogen) atoms. The molecule has 4 nitrogen and oxygen atoms in total. The molecule has 2 aromatic carbocycles. The van der Waals surface area contributed by atoms with Gasteiger partial charge in [-0.2, -0.15) is 0 Å². The molecule has 1 atom stereocenters. The highest BCUT2D eigenvalue weighted by Crippen LogP contribution is 2.25. The first-order chi connectivity index (χ1) is 15.6. The normalized spacial score (nSPS) is 15.8. The summed E-state index contributed by atoms with van der Waals surface area (Å²) >= 11 is 0. The molecule has 3 aromatic rings. The Hall–Kier alpha value is -2.92. The molecule has 1 saturated heterocycles. The summed E-state index contributed by atoms with van der Waals surface area (Å²) in [5.74, 6) is 2.57. The van der Waals surface area contributed by atoms with Gasteiger partial charge >= 0.3 is 0 Å². The Balaban J connectivity index is 1.55. The number of ether oxygens (including phenoxy) is 1. The van der Waals surface area contributed by atoms with E-state index < -0.39 is 0 Å². The van der Waals surface area contributed by atoms with Crippen LogP contribution in [0, 0.1) is 11.7 Å². The summed E-state index contributed by atoms with van der Waals surface area (Å²) < 4.78 is 19.3. The second-order valence-electron chi connectivity index (χ2n) is 8.94. The van der Waals surface area contributed by atoms with Gasteiger partial charge in [-0.15, -0.1) is 0 Å². The van der Waals surface area contributed by atoms with E-state index in [-0.39, 0.29) is 5.82 Å². The Morgan fingerprint density at radius 3 is 2.31 bits per heavy atom. The summed E-state index contributed by atoms with van der Waals surface area (Å²) in [5, 5.41) is 3.43. The van der Waals surface area contributed by atoms with Gasteiger partial charge in [0.05, 0.1) is 6.61 Å². The fourth-order valence-corrected chi connectivity index (χ4v) is 3.95. The fourth-order valence-electron chi connectivity index (χ4n) is 3.95. The SMILES string of the molecule is CC(C)COc1ccc(CN(Cc2ccc(F)cc2)c2cccc(C3CCNC3)n2)cc1. The largest absolute Gasteiger partial charge is 0.493 e. The second kappa shape index (κ2) is 10.6. The highest BCUT2D eigenvalue weighted by molar-refractivity contribution is 5.43. The lowest BCUT2D eigenvalue weighted by Gasteiger charge is -2.25. The van der Waals surface area contributed by atoms with Gasteiger partial charge in [0.25, 0.3) is 0 Å². The van der Waals surface area contributed by atoms with Crippen molar-refractivity contribution in [2.75, 3.05) is 24.6 Å². The number of anilines is 1. The molecule has 1 aliphatic heterocycles. The van der Waals surface area contributed by atoms with Crippen LogP contribution in [0.4, 0.5) is 10.2 Å². The average molecular weight is 434 g/mol. The molecule has 1 fully saturated rings. The minimum atomic E-state index is -0.217. The molecule has 2 heterocycles. The van der Waals surface area contributed by atoms with Crippen LogP contribution < -0.4 is 15.0 Å². The molecule has 0 spiro atoms. The maximum Gasteiger partial charge on any atom is 0.129 e. The van der Waals surface area contributed by atoms with Gasteiger partial charge in [-0.05, 0) is 66.4 Å². The molecule has 0 saturated carbocycles. The van der Waals surface area contributed by atoms with Crippen LogP contribution in [0.15, 0.2) is 66.7 Å². The quantitative estimate of drug-likeness (QED) is 0.481. The monoisotopic (exact) mass is 433 g/mol. The topological polar surface area (TPSA) is 37.4 Å².